The zero-order valence-electron chi connectivity index (χ0n) is 9.09. The summed E-state index contributed by atoms with van der Waals surface area (Å²) < 4.78 is 5.43. The van der Waals surface area contributed by atoms with E-state index in [-0.39, 0.29) is 17.7 Å². The molecule has 0 aromatic heterocycles. The third-order valence-electron chi connectivity index (χ3n) is 1.73. The molecule has 0 unspecified atom stereocenters. The Morgan fingerprint density at radius 1 is 1.57 bits per heavy atom. The van der Waals surface area contributed by atoms with Crippen LogP contribution in [0.3, 0.4) is 0 Å². The molecule has 82 valence electrons. The van der Waals surface area contributed by atoms with Crippen molar-refractivity contribution in [3.63, 3.8) is 0 Å². The van der Waals surface area contributed by atoms with Gasteiger partial charge in [-0.3, -0.25) is 0 Å². The SMILES string of the molecule is C=C(CNCC(C)(C)OCC)C(=O)O. The minimum atomic E-state index is -0.966. The quantitative estimate of drug-likeness (QED) is 0.604. The maximum Gasteiger partial charge on any atom is 0.332 e. The summed E-state index contributed by atoms with van der Waals surface area (Å²) in [6.45, 7) is 10.8. The van der Waals surface area contributed by atoms with Gasteiger partial charge in [0, 0.05) is 25.3 Å². The van der Waals surface area contributed by atoms with Crippen LogP contribution >= 0.6 is 0 Å². The summed E-state index contributed by atoms with van der Waals surface area (Å²) in [6.07, 6.45) is 0. The van der Waals surface area contributed by atoms with Gasteiger partial charge >= 0.3 is 5.97 Å². The van der Waals surface area contributed by atoms with Crippen molar-refractivity contribution < 1.29 is 14.6 Å². The summed E-state index contributed by atoms with van der Waals surface area (Å²) in [5.74, 6) is -0.966. The molecule has 0 spiro atoms. The smallest absolute Gasteiger partial charge is 0.332 e. The lowest BCUT2D eigenvalue weighted by Crippen LogP contribution is -2.38. The lowest BCUT2D eigenvalue weighted by atomic mass is 10.1. The number of hydrogen-bond donors (Lipinski definition) is 2. The van der Waals surface area contributed by atoms with Crippen molar-refractivity contribution in [3.05, 3.63) is 12.2 Å². The van der Waals surface area contributed by atoms with Crippen LogP contribution in [0.1, 0.15) is 20.8 Å². The van der Waals surface area contributed by atoms with Crippen molar-refractivity contribution in [1.29, 1.82) is 0 Å². The molecule has 14 heavy (non-hydrogen) atoms. The van der Waals surface area contributed by atoms with Gasteiger partial charge in [-0.2, -0.15) is 0 Å². The van der Waals surface area contributed by atoms with Gasteiger partial charge in [-0.05, 0) is 20.8 Å². The molecule has 0 fully saturated rings. The molecule has 0 aliphatic rings. The summed E-state index contributed by atoms with van der Waals surface area (Å²) >= 11 is 0. The highest BCUT2D eigenvalue weighted by Crippen LogP contribution is 2.06. The number of ether oxygens (including phenoxy) is 1. The van der Waals surface area contributed by atoms with Gasteiger partial charge in [-0.25, -0.2) is 4.79 Å². The van der Waals surface area contributed by atoms with E-state index in [2.05, 4.69) is 11.9 Å². The normalized spacial score (nSPS) is 11.4. The van der Waals surface area contributed by atoms with E-state index < -0.39 is 5.97 Å². The van der Waals surface area contributed by atoms with E-state index in [1.807, 2.05) is 20.8 Å². The van der Waals surface area contributed by atoms with Crippen LogP contribution in [0.2, 0.25) is 0 Å². The number of carboxylic acid groups (broad SMARTS) is 1. The molecule has 0 saturated carbocycles. The lowest BCUT2D eigenvalue weighted by molar-refractivity contribution is -0.132. The summed E-state index contributed by atoms with van der Waals surface area (Å²) in [5, 5.41) is 11.5. The minimum Gasteiger partial charge on any atom is -0.478 e. The topological polar surface area (TPSA) is 58.6 Å². The van der Waals surface area contributed by atoms with Crippen LogP contribution < -0.4 is 5.32 Å². The first-order valence-electron chi connectivity index (χ1n) is 4.65. The van der Waals surface area contributed by atoms with Crippen molar-refractivity contribution in [1.82, 2.24) is 5.32 Å². The first-order chi connectivity index (χ1) is 6.39. The van der Waals surface area contributed by atoms with E-state index in [0.717, 1.165) is 0 Å². The second-order valence-corrected chi connectivity index (χ2v) is 3.70. The molecule has 2 N–H and O–H groups in total. The average molecular weight is 201 g/mol. The largest absolute Gasteiger partial charge is 0.478 e. The zero-order chi connectivity index (χ0) is 11.2. The average Bonchev–Trinajstić information content (AvgIpc) is 2.03. The molecule has 0 rings (SSSR count). The van der Waals surface area contributed by atoms with Gasteiger partial charge in [0.2, 0.25) is 0 Å². The Morgan fingerprint density at radius 3 is 2.57 bits per heavy atom. The number of hydrogen-bond acceptors (Lipinski definition) is 3. The number of carbonyl (C=O) groups is 1. The first kappa shape index (κ1) is 13.1. The number of aliphatic carboxylic acids is 1. The van der Waals surface area contributed by atoms with Gasteiger partial charge in [-0.1, -0.05) is 6.58 Å². The van der Waals surface area contributed by atoms with Crippen LogP contribution in [0, 0.1) is 0 Å². The van der Waals surface area contributed by atoms with Crippen molar-refractivity contribution in [2.75, 3.05) is 19.7 Å². The molecule has 0 saturated heterocycles. The Kier molecular flexibility index (Phi) is 5.42. The first-order valence-corrected chi connectivity index (χ1v) is 4.65. The molecular formula is C10H19NO3. The Labute approximate surface area is 85.0 Å². The zero-order valence-corrected chi connectivity index (χ0v) is 9.09. The fourth-order valence-electron chi connectivity index (χ4n) is 1.03. The van der Waals surface area contributed by atoms with Gasteiger partial charge in [0.25, 0.3) is 0 Å². The van der Waals surface area contributed by atoms with E-state index in [9.17, 15) is 4.79 Å². The van der Waals surface area contributed by atoms with Crippen molar-refractivity contribution >= 4 is 5.97 Å². The standard InChI is InChI=1S/C10H19NO3/c1-5-14-10(3,4)7-11-6-8(2)9(12)13/h11H,2,5-7H2,1,3-4H3,(H,12,13). The predicted molar refractivity (Wildman–Crippen MR) is 55.4 cm³/mol. The number of nitrogens with one attached hydrogen (secondary N) is 1. The van der Waals surface area contributed by atoms with Crippen LogP contribution in [0.25, 0.3) is 0 Å². The summed E-state index contributed by atoms with van der Waals surface area (Å²) in [6, 6.07) is 0. The molecule has 0 aliphatic heterocycles. The number of rotatable bonds is 7. The van der Waals surface area contributed by atoms with E-state index in [4.69, 9.17) is 9.84 Å². The summed E-state index contributed by atoms with van der Waals surface area (Å²) in [7, 11) is 0. The van der Waals surface area contributed by atoms with E-state index >= 15 is 0 Å². The van der Waals surface area contributed by atoms with Gasteiger partial charge in [0.15, 0.2) is 0 Å². The number of carboxylic acids is 1. The second kappa shape index (κ2) is 5.78. The van der Waals surface area contributed by atoms with Crippen LogP contribution in [-0.4, -0.2) is 36.4 Å². The maximum absolute atomic E-state index is 10.4. The maximum atomic E-state index is 10.4. The fraction of sp³-hybridized carbons (Fsp3) is 0.700. The molecule has 0 radical (unpaired) electrons. The third kappa shape index (κ3) is 5.72. The highest BCUT2D eigenvalue weighted by Gasteiger charge is 2.17. The summed E-state index contributed by atoms with van der Waals surface area (Å²) in [4.78, 5) is 10.4. The van der Waals surface area contributed by atoms with Crippen molar-refractivity contribution in [3.8, 4) is 0 Å². The third-order valence-corrected chi connectivity index (χ3v) is 1.73. The fourth-order valence-corrected chi connectivity index (χ4v) is 1.03. The van der Waals surface area contributed by atoms with Crippen molar-refractivity contribution in [2.45, 2.75) is 26.4 Å². The van der Waals surface area contributed by atoms with Crippen LogP contribution in [0.5, 0.6) is 0 Å². The van der Waals surface area contributed by atoms with E-state index in [0.29, 0.717) is 13.2 Å². The molecule has 0 amide bonds. The van der Waals surface area contributed by atoms with Gasteiger partial charge in [-0.15, -0.1) is 0 Å². The molecular weight excluding hydrogens is 182 g/mol. The molecule has 0 aromatic carbocycles. The molecule has 0 aromatic rings. The molecule has 4 heteroatoms. The van der Waals surface area contributed by atoms with Gasteiger partial charge in [0.1, 0.15) is 0 Å². The van der Waals surface area contributed by atoms with Gasteiger partial charge in [0.05, 0.1) is 5.60 Å². The highest BCUT2D eigenvalue weighted by atomic mass is 16.5. The van der Waals surface area contributed by atoms with Gasteiger partial charge < -0.3 is 15.2 Å². The molecule has 4 nitrogen and oxygen atoms in total. The Balaban J connectivity index is 3.73. The second-order valence-electron chi connectivity index (χ2n) is 3.70. The Morgan fingerprint density at radius 2 is 2.14 bits per heavy atom. The Hall–Kier alpha value is -0.870. The van der Waals surface area contributed by atoms with Crippen LogP contribution in [0.15, 0.2) is 12.2 Å². The van der Waals surface area contributed by atoms with Crippen molar-refractivity contribution in [2.24, 2.45) is 0 Å². The monoisotopic (exact) mass is 201 g/mol. The highest BCUT2D eigenvalue weighted by molar-refractivity contribution is 5.86. The molecule has 0 bridgehead atoms. The summed E-state index contributed by atoms with van der Waals surface area (Å²) in [5.41, 5.74) is -0.106. The van der Waals surface area contributed by atoms with Crippen LogP contribution in [-0.2, 0) is 9.53 Å². The lowest BCUT2D eigenvalue weighted by Gasteiger charge is -2.24. The van der Waals surface area contributed by atoms with Crippen LogP contribution in [0.4, 0.5) is 0 Å². The van der Waals surface area contributed by atoms with E-state index in [1.165, 1.54) is 0 Å². The minimum absolute atomic E-state index is 0.164. The predicted octanol–water partition coefficient (Wildman–Crippen LogP) is 1.03. The molecule has 0 aliphatic carbocycles. The molecule has 0 atom stereocenters. The molecule has 0 heterocycles. The van der Waals surface area contributed by atoms with E-state index in [1.54, 1.807) is 0 Å². The Bertz CT molecular complexity index is 211.